The van der Waals surface area contributed by atoms with Crippen LogP contribution in [0.3, 0.4) is 0 Å². The fourth-order valence-electron chi connectivity index (χ4n) is 3.63. The lowest BCUT2D eigenvalue weighted by molar-refractivity contribution is 0.0778. The van der Waals surface area contributed by atoms with Gasteiger partial charge in [0.05, 0.1) is 17.3 Å². The van der Waals surface area contributed by atoms with E-state index >= 15 is 0 Å². The highest BCUT2D eigenvalue weighted by atomic mass is 16.2. The van der Waals surface area contributed by atoms with Crippen LogP contribution < -0.4 is 4.90 Å². The number of pyridine rings is 1. The Kier molecular flexibility index (Phi) is 4.14. The van der Waals surface area contributed by atoms with Gasteiger partial charge in [-0.1, -0.05) is 24.3 Å². The third kappa shape index (κ3) is 3.09. The van der Waals surface area contributed by atoms with Crippen molar-refractivity contribution in [3.63, 3.8) is 0 Å². The van der Waals surface area contributed by atoms with Gasteiger partial charge in [-0.3, -0.25) is 4.79 Å². The molecule has 1 atom stereocenters. The molecular weight excluding hydrogens is 312 g/mol. The molecule has 0 unspecified atom stereocenters. The molecule has 128 valence electrons. The van der Waals surface area contributed by atoms with Gasteiger partial charge in [0.1, 0.15) is 0 Å². The number of para-hydroxylation sites is 1. The van der Waals surface area contributed by atoms with Crippen LogP contribution in [0.15, 0.2) is 60.9 Å². The van der Waals surface area contributed by atoms with Gasteiger partial charge in [0, 0.05) is 38.6 Å². The maximum Gasteiger partial charge on any atom is 0.257 e. The molecule has 1 saturated heterocycles. The van der Waals surface area contributed by atoms with Gasteiger partial charge in [0.2, 0.25) is 0 Å². The molecule has 2 aromatic heterocycles. The van der Waals surface area contributed by atoms with E-state index in [0.717, 1.165) is 31.6 Å². The Labute approximate surface area is 147 Å². The molecule has 3 aromatic rings. The molecule has 1 aliphatic heterocycles. The molecule has 1 aromatic carbocycles. The van der Waals surface area contributed by atoms with Gasteiger partial charge in [0.25, 0.3) is 5.91 Å². The third-order valence-corrected chi connectivity index (χ3v) is 4.94. The molecule has 25 heavy (non-hydrogen) atoms. The van der Waals surface area contributed by atoms with E-state index in [0.29, 0.717) is 11.5 Å². The molecule has 0 saturated carbocycles. The van der Waals surface area contributed by atoms with E-state index < -0.39 is 0 Å². The van der Waals surface area contributed by atoms with Crippen molar-refractivity contribution in [3.8, 4) is 0 Å². The summed E-state index contributed by atoms with van der Waals surface area (Å²) in [5.41, 5.74) is 2.79. The molecule has 0 N–H and O–H groups in total. The number of carbonyl (C=O) groups excluding carboxylic acids is 1. The van der Waals surface area contributed by atoms with E-state index in [1.165, 1.54) is 5.69 Å². The highest BCUT2D eigenvalue weighted by Crippen LogP contribution is 2.24. The first kappa shape index (κ1) is 15.7. The minimum absolute atomic E-state index is 0.0411. The zero-order valence-corrected chi connectivity index (χ0v) is 14.4. The first-order valence-corrected chi connectivity index (χ1v) is 8.70. The zero-order chi connectivity index (χ0) is 17.2. The molecule has 1 amide bonds. The Bertz CT molecular complexity index is 874. The van der Waals surface area contributed by atoms with E-state index in [1.807, 2.05) is 42.4 Å². The summed E-state index contributed by atoms with van der Waals surface area (Å²) >= 11 is 0. The lowest BCUT2D eigenvalue weighted by atomic mass is 10.1. The number of fused-ring (bicyclic) bond motifs is 1. The summed E-state index contributed by atoms with van der Waals surface area (Å²) in [6.07, 6.45) is 4.64. The predicted octanol–water partition coefficient (Wildman–Crippen LogP) is 2.93. The van der Waals surface area contributed by atoms with Gasteiger partial charge in [0.15, 0.2) is 0 Å². The average Bonchev–Trinajstić information content (AvgIpc) is 3.29. The Morgan fingerprint density at radius 1 is 1.20 bits per heavy atom. The molecule has 1 fully saturated rings. The summed E-state index contributed by atoms with van der Waals surface area (Å²) in [6, 6.07) is 16.3. The fraction of sp³-hybridized carbons (Fsp3) is 0.300. The summed E-state index contributed by atoms with van der Waals surface area (Å²) in [5, 5.41) is 4.27. The van der Waals surface area contributed by atoms with Crippen molar-refractivity contribution in [3.05, 3.63) is 66.5 Å². The van der Waals surface area contributed by atoms with Crippen molar-refractivity contribution < 1.29 is 4.79 Å². The standard InChI is InChI=1S/C20H22N4O/c1-22(20(25)18-13-21-24-11-6-5-9-19(18)24)14-16-10-12-23(15-16)17-7-3-2-4-8-17/h2-9,11,13,16H,10,12,14-15H2,1H3/t16-/m0/s1. The molecular formula is C20H22N4O. The predicted molar refractivity (Wildman–Crippen MR) is 98.9 cm³/mol. The van der Waals surface area contributed by atoms with E-state index in [9.17, 15) is 4.79 Å². The number of hydrogen-bond donors (Lipinski definition) is 0. The van der Waals surface area contributed by atoms with Crippen LogP contribution in [0.5, 0.6) is 0 Å². The topological polar surface area (TPSA) is 40.8 Å². The fourth-order valence-corrected chi connectivity index (χ4v) is 3.63. The van der Waals surface area contributed by atoms with Crippen LogP contribution in [0.25, 0.3) is 5.52 Å². The maximum absolute atomic E-state index is 12.8. The number of carbonyl (C=O) groups is 1. The van der Waals surface area contributed by atoms with Crippen molar-refractivity contribution in [1.82, 2.24) is 14.5 Å². The lowest BCUT2D eigenvalue weighted by Gasteiger charge is -2.22. The third-order valence-electron chi connectivity index (χ3n) is 4.94. The Balaban J connectivity index is 1.42. The molecule has 0 spiro atoms. The SMILES string of the molecule is CN(C[C@@H]1CCN(c2ccccc2)C1)C(=O)c1cnn2ccccc12. The largest absolute Gasteiger partial charge is 0.371 e. The van der Waals surface area contributed by atoms with Crippen molar-refractivity contribution in [2.75, 3.05) is 31.6 Å². The monoisotopic (exact) mass is 334 g/mol. The average molecular weight is 334 g/mol. The van der Waals surface area contributed by atoms with Crippen LogP contribution in [0.2, 0.25) is 0 Å². The van der Waals surface area contributed by atoms with Crippen molar-refractivity contribution in [2.24, 2.45) is 5.92 Å². The van der Waals surface area contributed by atoms with Gasteiger partial charge in [-0.15, -0.1) is 0 Å². The van der Waals surface area contributed by atoms with Crippen molar-refractivity contribution in [1.29, 1.82) is 0 Å². The molecule has 5 heteroatoms. The van der Waals surface area contributed by atoms with Crippen LogP contribution in [0, 0.1) is 5.92 Å². The summed E-state index contributed by atoms with van der Waals surface area (Å²) in [5.74, 6) is 0.537. The number of benzene rings is 1. The van der Waals surface area contributed by atoms with Crippen LogP contribution in [-0.4, -0.2) is 47.1 Å². The maximum atomic E-state index is 12.8. The smallest absolute Gasteiger partial charge is 0.257 e. The van der Waals surface area contributed by atoms with Gasteiger partial charge < -0.3 is 9.80 Å². The van der Waals surface area contributed by atoms with Gasteiger partial charge in [-0.2, -0.15) is 5.10 Å². The first-order valence-electron chi connectivity index (χ1n) is 8.70. The van der Waals surface area contributed by atoms with Crippen molar-refractivity contribution in [2.45, 2.75) is 6.42 Å². The number of aromatic nitrogens is 2. The normalized spacial score (nSPS) is 17.2. The number of nitrogens with zero attached hydrogens (tertiary/aromatic N) is 4. The van der Waals surface area contributed by atoms with Crippen LogP contribution in [0.1, 0.15) is 16.8 Å². The van der Waals surface area contributed by atoms with E-state index in [4.69, 9.17) is 0 Å². The van der Waals surface area contributed by atoms with E-state index in [1.54, 1.807) is 10.7 Å². The summed E-state index contributed by atoms with van der Waals surface area (Å²) in [4.78, 5) is 17.1. The Morgan fingerprint density at radius 3 is 2.84 bits per heavy atom. The van der Waals surface area contributed by atoms with E-state index in [2.05, 4.69) is 34.3 Å². The second kappa shape index (κ2) is 6.59. The molecule has 0 radical (unpaired) electrons. The quantitative estimate of drug-likeness (QED) is 0.737. The lowest BCUT2D eigenvalue weighted by Crippen LogP contribution is -2.33. The first-order chi connectivity index (χ1) is 12.2. The van der Waals surface area contributed by atoms with Crippen LogP contribution in [-0.2, 0) is 0 Å². The second-order valence-corrected chi connectivity index (χ2v) is 6.71. The molecule has 1 aliphatic rings. The second-order valence-electron chi connectivity index (χ2n) is 6.71. The molecule has 0 bridgehead atoms. The van der Waals surface area contributed by atoms with Gasteiger partial charge >= 0.3 is 0 Å². The number of amides is 1. The highest BCUT2D eigenvalue weighted by Gasteiger charge is 2.26. The van der Waals surface area contributed by atoms with Gasteiger partial charge in [-0.25, -0.2) is 4.52 Å². The zero-order valence-electron chi connectivity index (χ0n) is 14.4. The Morgan fingerprint density at radius 2 is 2.00 bits per heavy atom. The number of anilines is 1. The minimum Gasteiger partial charge on any atom is -0.371 e. The number of rotatable bonds is 4. The molecule has 4 rings (SSSR count). The summed E-state index contributed by atoms with van der Waals surface area (Å²) in [7, 11) is 1.89. The highest BCUT2D eigenvalue weighted by molar-refractivity contribution is 6.00. The molecule has 3 heterocycles. The van der Waals surface area contributed by atoms with Crippen molar-refractivity contribution >= 4 is 17.1 Å². The molecule has 5 nitrogen and oxygen atoms in total. The summed E-state index contributed by atoms with van der Waals surface area (Å²) in [6.45, 7) is 2.82. The van der Waals surface area contributed by atoms with E-state index in [-0.39, 0.29) is 5.91 Å². The van der Waals surface area contributed by atoms with Gasteiger partial charge in [-0.05, 0) is 36.6 Å². The number of hydrogen-bond acceptors (Lipinski definition) is 3. The van der Waals surface area contributed by atoms with Crippen LogP contribution >= 0.6 is 0 Å². The Hall–Kier alpha value is -2.82. The van der Waals surface area contributed by atoms with Crippen LogP contribution in [0.4, 0.5) is 5.69 Å². The summed E-state index contributed by atoms with van der Waals surface area (Å²) < 4.78 is 1.74. The minimum atomic E-state index is 0.0411. The molecule has 0 aliphatic carbocycles.